The number of nitrogens with zero attached hydrogens (tertiary/aromatic N) is 3. The Balaban J connectivity index is 1.39. The van der Waals surface area contributed by atoms with E-state index >= 15 is 0 Å². The third kappa shape index (κ3) is 3.80. The molecule has 0 bridgehead atoms. The Hall–Kier alpha value is -2.21. The van der Waals surface area contributed by atoms with Crippen LogP contribution in [0.3, 0.4) is 0 Å². The summed E-state index contributed by atoms with van der Waals surface area (Å²) in [4.78, 5) is 19.3. The number of hydrogen-bond acceptors (Lipinski definition) is 5. The zero-order valence-electron chi connectivity index (χ0n) is 15.0. The summed E-state index contributed by atoms with van der Waals surface area (Å²) in [6, 6.07) is 10.1. The van der Waals surface area contributed by atoms with Crippen LogP contribution in [0.4, 0.5) is 0 Å². The Labute approximate surface area is 153 Å². The van der Waals surface area contributed by atoms with Gasteiger partial charge < -0.3 is 14.2 Å². The number of ether oxygens (including phenoxy) is 1. The largest absolute Gasteiger partial charge is 0.381 e. The number of carbonyl (C=O) groups is 1. The van der Waals surface area contributed by atoms with Crippen molar-refractivity contribution in [2.45, 2.75) is 50.5 Å². The lowest BCUT2D eigenvalue weighted by molar-refractivity contribution is -0.132. The highest BCUT2D eigenvalue weighted by atomic mass is 16.5. The molecule has 0 aliphatic carbocycles. The Kier molecular flexibility index (Phi) is 5.29. The zero-order chi connectivity index (χ0) is 17.8. The van der Waals surface area contributed by atoms with Crippen molar-refractivity contribution in [2.75, 3.05) is 19.8 Å². The maximum Gasteiger partial charge on any atom is 0.249 e. The summed E-state index contributed by atoms with van der Waals surface area (Å²) in [6.07, 6.45) is 5.03. The van der Waals surface area contributed by atoms with Gasteiger partial charge >= 0.3 is 0 Å². The van der Waals surface area contributed by atoms with Gasteiger partial charge in [-0.2, -0.15) is 4.98 Å². The molecule has 1 aromatic heterocycles. The molecule has 2 aromatic rings. The van der Waals surface area contributed by atoms with Crippen LogP contribution in [0.5, 0.6) is 0 Å². The third-order valence-electron chi connectivity index (χ3n) is 5.37. The highest BCUT2D eigenvalue weighted by Gasteiger charge is 2.34. The van der Waals surface area contributed by atoms with Crippen molar-refractivity contribution < 1.29 is 14.1 Å². The first-order valence-corrected chi connectivity index (χ1v) is 9.56. The molecule has 2 aliphatic heterocycles. The lowest BCUT2D eigenvalue weighted by Crippen LogP contribution is -2.31. The first-order valence-electron chi connectivity index (χ1n) is 9.56. The molecule has 0 N–H and O–H groups in total. The van der Waals surface area contributed by atoms with Gasteiger partial charge in [0.25, 0.3) is 0 Å². The van der Waals surface area contributed by atoms with Crippen LogP contribution in [-0.2, 0) is 16.0 Å². The highest BCUT2D eigenvalue weighted by Crippen LogP contribution is 2.33. The molecule has 3 heterocycles. The second kappa shape index (κ2) is 7.99. The fraction of sp³-hybridized carbons (Fsp3) is 0.550. The fourth-order valence-corrected chi connectivity index (χ4v) is 3.87. The third-order valence-corrected chi connectivity index (χ3v) is 5.37. The summed E-state index contributed by atoms with van der Waals surface area (Å²) in [7, 11) is 0. The maximum atomic E-state index is 12.7. The summed E-state index contributed by atoms with van der Waals surface area (Å²) < 4.78 is 10.9. The molecule has 1 aromatic carbocycles. The number of carbonyl (C=O) groups excluding carboxylic acids is 1. The number of hydrogen-bond donors (Lipinski definition) is 0. The molecule has 1 atom stereocenters. The smallest absolute Gasteiger partial charge is 0.249 e. The Morgan fingerprint density at radius 1 is 1.15 bits per heavy atom. The van der Waals surface area contributed by atoms with Crippen LogP contribution in [-0.4, -0.2) is 40.7 Å². The van der Waals surface area contributed by atoms with Crippen LogP contribution in [0.25, 0.3) is 0 Å². The first-order chi connectivity index (χ1) is 12.8. The van der Waals surface area contributed by atoms with E-state index in [1.54, 1.807) is 0 Å². The van der Waals surface area contributed by atoms with Crippen LogP contribution in [0.1, 0.15) is 61.3 Å². The molecule has 2 fully saturated rings. The van der Waals surface area contributed by atoms with Crippen LogP contribution in [0.2, 0.25) is 0 Å². The van der Waals surface area contributed by atoms with Crippen molar-refractivity contribution in [1.82, 2.24) is 15.0 Å². The van der Waals surface area contributed by atoms with E-state index in [-0.39, 0.29) is 11.9 Å². The van der Waals surface area contributed by atoms with Crippen molar-refractivity contribution in [3.8, 4) is 0 Å². The summed E-state index contributed by atoms with van der Waals surface area (Å²) in [5.74, 6) is 1.84. The van der Waals surface area contributed by atoms with Crippen LogP contribution < -0.4 is 0 Å². The van der Waals surface area contributed by atoms with Gasteiger partial charge in [0.15, 0.2) is 5.82 Å². The molecule has 0 radical (unpaired) electrons. The normalized spacial score (nSPS) is 21.2. The van der Waals surface area contributed by atoms with Gasteiger partial charge in [-0.05, 0) is 37.7 Å². The van der Waals surface area contributed by atoms with Gasteiger partial charge in [-0.3, -0.25) is 4.79 Å². The van der Waals surface area contributed by atoms with Gasteiger partial charge in [0.05, 0.1) is 0 Å². The van der Waals surface area contributed by atoms with Crippen molar-refractivity contribution in [1.29, 1.82) is 0 Å². The zero-order valence-corrected chi connectivity index (χ0v) is 15.0. The Morgan fingerprint density at radius 3 is 2.77 bits per heavy atom. The van der Waals surface area contributed by atoms with E-state index in [9.17, 15) is 4.79 Å². The van der Waals surface area contributed by atoms with Gasteiger partial charge in [0.2, 0.25) is 11.8 Å². The van der Waals surface area contributed by atoms with E-state index in [1.165, 1.54) is 5.56 Å². The van der Waals surface area contributed by atoms with Gasteiger partial charge in [0, 0.05) is 32.1 Å². The molecular formula is C20H25N3O3. The number of aryl methyl sites for hydroxylation is 1. The predicted octanol–water partition coefficient (Wildman–Crippen LogP) is 3.26. The monoisotopic (exact) mass is 355 g/mol. The van der Waals surface area contributed by atoms with Crippen LogP contribution in [0.15, 0.2) is 34.9 Å². The number of aromatic nitrogens is 2. The minimum atomic E-state index is -0.0700. The molecule has 6 heteroatoms. The summed E-state index contributed by atoms with van der Waals surface area (Å²) in [5, 5.41) is 4.19. The van der Waals surface area contributed by atoms with E-state index in [4.69, 9.17) is 9.26 Å². The molecule has 138 valence electrons. The molecule has 4 rings (SSSR count). The number of benzene rings is 1. The second-order valence-corrected chi connectivity index (χ2v) is 7.11. The first kappa shape index (κ1) is 17.2. The van der Waals surface area contributed by atoms with Gasteiger partial charge in [-0.1, -0.05) is 35.5 Å². The molecular weight excluding hydrogens is 330 g/mol. The number of likely N-dealkylation sites (tertiary alicyclic amines) is 1. The predicted molar refractivity (Wildman–Crippen MR) is 95.5 cm³/mol. The Morgan fingerprint density at radius 2 is 1.96 bits per heavy atom. The van der Waals surface area contributed by atoms with Gasteiger partial charge in [-0.15, -0.1) is 0 Å². The molecule has 6 nitrogen and oxygen atoms in total. The van der Waals surface area contributed by atoms with Crippen LogP contribution >= 0.6 is 0 Å². The van der Waals surface area contributed by atoms with E-state index in [1.807, 2.05) is 23.1 Å². The van der Waals surface area contributed by atoms with E-state index < -0.39 is 0 Å². The van der Waals surface area contributed by atoms with E-state index in [2.05, 4.69) is 22.3 Å². The average molecular weight is 355 g/mol. The van der Waals surface area contributed by atoms with Crippen molar-refractivity contribution in [3.05, 3.63) is 47.6 Å². The topological polar surface area (TPSA) is 68.5 Å². The van der Waals surface area contributed by atoms with Gasteiger partial charge in [0.1, 0.15) is 6.04 Å². The van der Waals surface area contributed by atoms with E-state index in [0.29, 0.717) is 18.2 Å². The summed E-state index contributed by atoms with van der Waals surface area (Å²) >= 11 is 0. The lowest BCUT2D eigenvalue weighted by Gasteiger charge is -2.22. The van der Waals surface area contributed by atoms with Crippen molar-refractivity contribution >= 4 is 5.91 Å². The summed E-state index contributed by atoms with van der Waals surface area (Å²) in [5.41, 5.74) is 1.19. The highest BCUT2D eigenvalue weighted by molar-refractivity contribution is 5.77. The van der Waals surface area contributed by atoms with Crippen molar-refractivity contribution in [2.24, 2.45) is 0 Å². The number of amides is 1. The SMILES string of the molecule is O=C(CCc1ccccc1)N1CCCC1c1nc(C2CCOCC2)no1. The fourth-order valence-electron chi connectivity index (χ4n) is 3.87. The lowest BCUT2D eigenvalue weighted by atomic mass is 10.00. The molecule has 2 saturated heterocycles. The van der Waals surface area contributed by atoms with E-state index in [0.717, 1.165) is 57.7 Å². The standard InChI is InChI=1S/C20H25N3O3/c24-18(9-8-15-5-2-1-3-6-15)23-12-4-7-17(23)20-21-19(22-26-20)16-10-13-25-14-11-16/h1-3,5-6,16-17H,4,7-14H2. The quantitative estimate of drug-likeness (QED) is 0.823. The molecule has 2 aliphatic rings. The molecule has 1 amide bonds. The second-order valence-electron chi connectivity index (χ2n) is 7.11. The summed E-state index contributed by atoms with van der Waals surface area (Å²) in [6.45, 7) is 2.28. The average Bonchev–Trinajstić information content (AvgIpc) is 3.37. The minimum absolute atomic E-state index is 0.0700. The van der Waals surface area contributed by atoms with Gasteiger partial charge in [-0.25, -0.2) is 0 Å². The minimum Gasteiger partial charge on any atom is -0.381 e. The number of rotatable bonds is 5. The Bertz CT molecular complexity index is 725. The molecule has 26 heavy (non-hydrogen) atoms. The maximum absolute atomic E-state index is 12.7. The molecule has 0 spiro atoms. The molecule has 1 unspecified atom stereocenters. The van der Waals surface area contributed by atoms with Crippen molar-refractivity contribution in [3.63, 3.8) is 0 Å². The molecule has 0 saturated carbocycles. The van der Waals surface area contributed by atoms with Crippen LogP contribution in [0, 0.1) is 0 Å².